The van der Waals surface area contributed by atoms with Crippen LogP contribution in [0.15, 0.2) is 6.07 Å². The maximum atomic E-state index is 13.9. The van der Waals surface area contributed by atoms with Crippen LogP contribution in [0.2, 0.25) is 0 Å². The number of carbonyl (C=O) groups excluding carboxylic acids is 5. The number of methoxy groups -OCH3 is 1. The molecule has 1 aromatic carbocycles. The molecule has 3 aliphatic carbocycles. The highest BCUT2D eigenvalue weighted by molar-refractivity contribution is 6.32. The van der Waals surface area contributed by atoms with Gasteiger partial charge in [-0.3, -0.25) is 33.8 Å². The van der Waals surface area contributed by atoms with E-state index >= 15 is 0 Å². The first kappa shape index (κ1) is 29.8. The highest BCUT2D eigenvalue weighted by atomic mass is 16.5. The molecule has 4 N–H and O–H groups in total. The van der Waals surface area contributed by atoms with Crippen LogP contribution >= 0.6 is 0 Å². The monoisotopic (exact) mass is 557 g/mol. The molecule has 218 valence electrons. The second-order valence-corrected chi connectivity index (χ2v) is 12.3. The summed E-state index contributed by atoms with van der Waals surface area (Å²) in [5, 5.41) is 22.7. The fourth-order valence-electron chi connectivity index (χ4n) is 6.83. The molecule has 0 heterocycles. The van der Waals surface area contributed by atoms with Gasteiger partial charge in [0, 0.05) is 29.1 Å². The summed E-state index contributed by atoms with van der Waals surface area (Å²) in [5.74, 6) is -10.3. The Bertz CT molecular complexity index is 1300. The van der Waals surface area contributed by atoms with E-state index in [0.29, 0.717) is 23.4 Å². The molecular formula is C29H39N3O8. The number of phenols is 1. The maximum Gasteiger partial charge on any atom is 0.235 e. The zero-order chi connectivity index (χ0) is 30.1. The number of phenolic OH excluding ortho intramolecular Hbond substituents is 1. The zero-order valence-electron chi connectivity index (χ0n) is 24.1. The van der Waals surface area contributed by atoms with Crippen LogP contribution < -0.4 is 10.5 Å². The summed E-state index contributed by atoms with van der Waals surface area (Å²) in [7, 11) is 6.54. The molecule has 11 heteroatoms. The van der Waals surface area contributed by atoms with Gasteiger partial charge in [-0.15, -0.1) is 0 Å². The van der Waals surface area contributed by atoms with Crippen LogP contribution in [0.4, 0.5) is 0 Å². The zero-order valence-corrected chi connectivity index (χ0v) is 24.1. The number of carbonyl (C=O) groups is 5. The second-order valence-electron chi connectivity index (χ2n) is 12.3. The molecule has 0 aromatic heterocycles. The number of hydrogen-bond acceptors (Lipinski definition) is 10. The van der Waals surface area contributed by atoms with Crippen LogP contribution in [0.1, 0.15) is 55.1 Å². The van der Waals surface area contributed by atoms with Gasteiger partial charge in [-0.25, -0.2) is 0 Å². The normalized spacial score (nSPS) is 30.3. The van der Waals surface area contributed by atoms with Crippen molar-refractivity contribution in [1.82, 2.24) is 9.80 Å². The minimum absolute atomic E-state index is 0.0131. The van der Waals surface area contributed by atoms with E-state index in [9.17, 15) is 34.2 Å². The van der Waals surface area contributed by atoms with Gasteiger partial charge in [-0.1, -0.05) is 6.92 Å². The topological polar surface area (TPSA) is 168 Å². The molecule has 0 bridgehead atoms. The summed E-state index contributed by atoms with van der Waals surface area (Å²) in [6.07, 6.45) is 1.01. The Kier molecular flexibility index (Phi) is 7.49. The molecule has 2 fully saturated rings. The van der Waals surface area contributed by atoms with Gasteiger partial charge in [0.25, 0.3) is 0 Å². The van der Waals surface area contributed by atoms with Crippen molar-refractivity contribution in [2.75, 3.05) is 28.3 Å². The lowest BCUT2D eigenvalue weighted by molar-refractivity contribution is -0.181. The molecule has 0 radical (unpaired) electrons. The van der Waals surface area contributed by atoms with Crippen molar-refractivity contribution in [3.05, 3.63) is 22.8 Å². The molecule has 0 saturated heterocycles. The van der Waals surface area contributed by atoms with Crippen LogP contribution in [-0.2, 0) is 32.1 Å². The van der Waals surface area contributed by atoms with Crippen LogP contribution in [0.5, 0.6) is 11.5 Å². The Morgan fingerprint density at radius 2 is 1.80 bits per heavy atom. The molecule has 0 spiro atoms. The van der Waals surface area contributed by atoms with Gasteiger partial charge in [0.05, 0.1) is 24.6 Å². The standard InChI is InChI=1S/C29H39N3O8/c1-8-28(2,3)32(6)12-14-11-17(33)19-15(24(14)40-7)9-13-10-16-21(31(4)5)23(35)20(27(30)38)26(37)29(16,39)25(36)18(13)22(19)34/h11,13,16,18,20-21,33,39H,8-10,12H2,1-7H3,(H2,30,38)/t13-,16-,18?,20?,21-,29-/m0/s1. The number of aromatic hydroxyl groups is 1. The third-order valence-electron chi connectivity index (χ3n) is 9.60. The predicted molar refractivity (Wildman–Crippen MR) is 144 cm³/mol. The summed E-state index contributed by atoms with van der Waals surface area (Å²) < 4.78 is 5.77. The van der Waals surface area contributed by atoms with E-state index in [4.69, 9.17) is 10.5 Å². The van der Waals surface area contributed by atoms with E-state index in [1.807, 2.05) is 7.05 Å². The van der Waals surface area contributed by atoms with Crippen molar-refractivity contribution < 1.29 is 38.9 Å². The number of ketones is 4. The van der Waals surface area contributed by atoms with Crippen LogP contribution in [0.3, 0.4) is 0 Å². The number of ether oxygens (including phenoxy) is 1. The molecule has 40 heavy (non-hydrogen) atoms. The Labute approximate surface area is 233 Å². The fraction of sp³-hybridized carbons (Fsp3) is 0.621. The number of nitrogens with two attached hydrogens (primary N) is 1. The average Bonchev–Trinajstić information content (AvgIpc) is 2.85. The van der Waals surface area contributed by atoms with Gasteiger partial charge < -0.3 is 20.7 Å². The Balaban J connectivity index is 1.83. The maximum absolute atomic E-state index is 13.9. The van der Waals surface area contributed by atoms with Gasteiger partial charge in [-0.05, 0) is 66.2 Å². The van der Waals surface area contributed by atoms with Gasteiger partial charge in [0.15, 0.2) is 34.7 Å². The van der Waals surface area contributed by atoms with Crippen LogP contribution in [-0.4, -0.2) is 94.5 Å². The molecule has 4 rings (SSSR count). The van der Waals surface area contributed by atoms with Gasteiger partial charge in [0.2, 0.25) is 5.91 Å². The first-order valence-electron chi connectivity index (χ1n) is 13.5. The predicted octanol–water partition coefficient (Wildman–Crippen LogP) is 0.496. The molecule has 6 atom stereocenters. The number of benzene rings is 1. The van der Waals surface area contributed by atoms with E-state index in [0.717, 1.165) is 6.42 Å². The fourth-order valence-corrected chi connectivity index (χ4v) is 6.83. The molecule has 2 unspecified atom stereocenters. The number of aliphatic hydroxyl groups is 1. The van der Waals surface area contributed by atoms with Crippen molar-refractivity contribution >= 4 is 29.0 Å². The lowest BCUT2D eigenvalue weighted by Gasteiger charge is -2.52. The summed E-state index contributed by atoms with van der Waals surface area (Å²) in [6, 6.07) is 0.312. The quantitative estimate of drug-likeness (QED) is 0.402. The van der Waals surface area contributed by atoms with E-state index in [2.05, 4.69) is 25.7 Å². The van der Waals surface area contributed by atoms with Gasteiger partial charge in [0.1, 0.15) is 11.5 Å². The Hall–Kier alpha value is -3.15. The van der Waals surface area contributed by atoms with Crippen molar-refractivity contribution in [3.8, 4) is 11.5 Å². The van der Waals surface area contributed by atoms with Crippen molar-refractivity contribution in [1.29, 1.82) is 0 Å². The van der Waals surface area contributed by atoms with E-state index in [1.54, 1.807) is 14.1 Å². The number of fused-ring (bicyclic) bond motifs is 3. The van der Waals surface area contributed by atoms with Crippen molar-refractivity contribution in [3.63, 3.8) is 0 Å². The number of likely N-dealkylation sites (N-methyl/N-ethyl adjacent to an activating group) is 1. The number of rotatable bonds is 7. The highest BCUT2D eigenvalue weighted by Crippen LogP contribution is 2.52. The summed E-state index contributed by atoms with van der Waals surface area (Å²) in [6.45, 7) is 6.69. The van der Waals surface area contributed by atoms with Crippen molar-refractivity contribution in [2.45, 2.75) is 63.8 Å². The molecule has 0 aliphatic heterocycles. The molecule has 2 saturated carbocycles. The van der Waals surface area contributed by atoms with Crippen LogP contribution in [0.25, 0.3) is 0 Å². The Morgan fingerprint density at radius 3 is 2.33 bits per heavy atom. The first-order valence-corrected chi connectivity index (χ1v) is 13.5. The largest absolute Gasteiger partial charge is 0.507 e. The smallest absolute Gasteiger partial charge is 0.235 e. The minimum Gasteiger partial charge on any atom is -0.507 e. The molecule has 1 aromatic rings. The first-order chi connectivity index (χ1) is 18.5. The molecule has 11 nitrogen and oxygen atoms in total. The SMILES string of the molecule is CCC(C)(C)N(C)Cc1cc(O)c2c(c1OC)C[C@H]1C[C@H]3[C@H](N(C)C)C(=O)C(C(N)=O)C(=O)[C@@]3(O)C(=O)C1C2=O. The molecular weight excluding hydrogens is 518 g/mol. The van der Waals surface area contributed by atoms with Crippen LogP contribution in [0, 0.1) is 23.7 Å². The third-order valence-corrected chi connectivity index (χ3v) is 9.60. The number of amides is 1. The van der Waals surface area contributed by atoms with Crippen molar-refractivity contribution in [2.24, 2.45) is 29.4 Å². The minimum atomic E-state index is -2.75. The Morgan fingerprint density at radius 1 is 1.18 bits per heavy atom. The summed E-state index contributed by atoms with van der Waals surface area (Å²) in [4.78, 5) is 70.1. The highest BCUT2D eigenvalue weighted by Gasteiger charge is 2.69. The number of nitrogens with zero attached hydrogens (tertiary/aromatic N) is 2. The summed E-state index contributed by atoms with van der Waals surface area (Å²) >= 11 is 0. The number of Topliss-reactive ketones (excluding diaryl/α,β-unsaturated/α-hetero) is 4. The van der Waals surface area contributed by atoms with E-state index in [-0.39, 0.29) is 29.7 Å². The lowest BCUT2D eigenvalue weighted by atomic mass is 9.52. The van der Waals surface area contributed by atoms with E-state index < -0.39 is 64.4 Å². The lowest BCUT2D eigenvalue weighted by Crippen LogP contribution is -2.74. The third kappa shape index (κ3) is 4.17. The average molecular weight is 558 g/mol. The van der Waals surface area contributed by atoms with E-state index in [1.165, 1.54) is 18.1 Å². The number of hydrogen-bond donors (Lipinski definition) is 3. The molecule has 1 amide bonds. The number of primary amides is 1. The van der Waals surface area contributed by atoms with Gasteiger partial charge >= 0.3 is 0 Å². The van der Waals surface area contributed by atoms with Gasteiger partial charge in [-0.2, -0.15) is 0 Å². The molecule has 3 aliphatic rings. The summed E-state index contributed by atoms with van der Waals surface area (Å²) in [5.41, 5.74) is 3.51. The second kappa shape index (κ2) is 10.0.